The number of hydrogen-bond donors (Lipinski definition) is 1. The number of hydrogen-bond acceptors (Lipinski definition) is 6. The van der Waals surface area contributed by atoms with E-state index >= 15 is 0 Å². The van der Waals surface area contributed by atoms with Crippen LogP contribution in [0.5, 0.6) is 0 Å². The molecule has 0 amide bonds. The fourth-order valence-electron chi connectivity index (χ4n) is 3.49. The Balaban J connectivity index is 1.51. The first kappa shape index (κ1) is 18.6. The third-order valence-corrected chi connectivity index (χ3v) is 4.90. The van der Waals surface area contributed by atoms with Crippen molar-refractivity contribution in [2.75, 3.05) is 13.7 Å². The Bertz CT molecular complexity index is 709. The zero-order chi connectivity index (χ0) is 18.6. The van der Waals surface area contributed by atoms with E-state index < -0.39 is 30.9 Å². The summed E-state index contributed by atoms with van der Waals surface area (Å²) in [5.74, 6) is 0. The summed E-state index contributed by atoms with van der Waals surface area (Å²) < 4.78 is 29.2. The number of fused-ring (bicyclic) bond motifs is 1. The number of methoxy groups -OCH3 is 1. The highest BCUT2D eigenvalue weighted by atomic mass is 16.8. The maximum Gasteiger partial charge on any atom is 0.186 e. The third kappa shape index (κ3) is 4.06. The van der Waals surface area contributed by atoms with Crippen LogP contribution >= 0.6 is 0 Å². The minimum atomic E-state index is -0.963. The monoisotopic (exact) mass is 372 g/mol. The van der Waals surface area contributed by atoms with Gasteiger partial charge in [-0.1, -0.05) is 60.7 Å². The van der Waals surface area contributed by atoms with E-state index in [1.54, 1.807) is 0 Å². The van der Waals surface area contributed by atoms with Crippen molar-refractivity contribution >= 4 is 0 Å². The molecule has 3 unspecified atom stereocenters. The summed E-state index contributed by atoms with van der Waals surface area (Å²) in [6, 6.07) is 19.5. The van der Waals surface area contributed by atoms with Crippen LogP contribution in [0.3, 0.4) is 0 Å². The SMILES string of the molecule is CO[C@@H]1OC2COC(c3ccccc3)O[C@H]2C(OCc2ccccc2)[C@H]1O. The molecule has 27 heavy (non-hydrogen) atoms. The molecule has 1 N–H and O–H groups in total. The summed E-state index contributed by atoms with van der Waals surface area (Å²) in [5, 5.41) is 10.7. The lowest BCUT2D eigenvalue weighted by Gasteiger charge is -2.47. The van der Waals surface area contributed by atoms with Gasteiger partial charge < -0.3 is 28.8 Å². The molecule has 2 fully saturated rings. The minimum Gasteiger partial charge on any atom is -0.385 e. The van der Waals surface area contributed by atoms with Crippen LogP contribution in [0.25, 0.3) is 0 Å². The molecule has 6 atom stereocenters. The van der Waals surface area contributed by atoms with Crippen LogP contribution in [0, 0.1) is 0 Å². The number of rotatable bonds is 5. The van der Waals surface area contributed by atoms with Crippen molar-refractivity contribution in [3.63, 3.8) is 0 Å². The van der Waals surface area contributed by atoms with Crippen LogP contribution in [-0.2, 0) is 30.3 Å². The number of aliphatic hydroxyl groups is 1. The van der Waals surface area contributed by atoms with Crippen LogP contribution < -0.4 is 0 Å². The Morgan fingerprint density at radius 1 is 1.00 bits per heavy atom. The lowest BCUT2D eigenvalue weighted by Crippen LogP contribution is -2.62. The van der Waals surface area contributed by atoms with E-state index in [-0.39, 0.29) is 6.10 Å². The first-order chi connectivity index (χ1) is 13.3. The second kappa shape index (κ2) is 8.48. The molecule has 2 aliphatic rings. The largest absolute Gasteiger partial charge is 0.385 e. The Kier molecular flexibility index (Phi) is 5.83. The fourth-order valence-corrected chi connectivity index (χ4v) is 3.49. The van der Waals surface area contributed by atoms with Gasteiger partial charge in [0.1, 0.15) is 24.4 Å². The molecule has 2 saturated heterocycles. The molecular formula is C21H24O6. The van der Waals surface area contributed by atoms with Gasteiger partial charge in [0.25, 0.3) is 0 Å². The Morgan fingerprint density at radius 3 is 2.41 bits per heavy atom. The summed E-state index contributed by atoms with van der Waals surface area (Å²) in [6.07, 6.45) is -3.70. The first-order valence-corrected chi connectivity index (χ1v) is 9.10. The van der Waals surface area contributed by atoms with E-state index in [9.17, 15) is 5.11 Å². The van der Waals surface area contributed by atoms with E-state index in [1.807, 2.05) is 60.7 Å². The summed E-state index contributed by atoms with van der Waals surface area (Å²) >= 11 is 0. The molecule has 0 aliphatic carbocycles. The quantitative estimate of drug-likeness (QED) is 0.870. The predicted octanol–water partition coefficient (Wildman–Crippen LogP) is 2.42. The highest BCUT2D eigenvalue weighted by Crippen LogP contribution is 2.35. The molecule has 0 spiro atoms. The summed E-state index contributed by atoms with van der Waals surface area (Å²) in [6.45, 7) is 0.699. The average molecular weight is 372 g/mol. The number of benzene rings is 2. The van der Waals surface area contributed by atoms with Gasteiger partial charge in [0, 0.05) is 12.7 Å². The fraction of sp³-hybridized carbons (Fsp3) is 0.429. The highest BCUT2D eigenvalue weighted by Gasteiger charge is 2.50. The van der Waals surface area contributed by atoms with Crippen LogP contribution in [0.15, 0.2) is 60.7 Å². The molecule has 0 bridgehead atoms. The van der Waals surface area contributed by atoms with E-state index in [1.165, 1.54) is 7.11 Å². The van der Waals surface area contributed by atoms with Crippen LogP contribution in [0.4, 0.5) is 0 Å². The summed E-state index contributed by atoms with van der Waals surface area (Å²) in [4.78, 5) is 0. The van der Waals surface area contributed by atoms with Gasteiger partial charge in [-0.15, -0.1) is 0 Å². The second-order valence-electron chi connectivity index (χ2n) is 6.71. The summed E-state index contributed by atoms with van der Waals surface area (Å²) in [5.41, 5.74) is 1.94. The van der Waals surface area contributed by atoms with Gasteiger partial charge in [-0.3, -0.25) is 0 Å². The van der Waals surface area contributed by atoms with Gasteiger partial charge in [0.05, 0.1) is 13.2 Å². The van der Waals surface area contributed by atoms with E-state index in [2.05, 4.69) is 0 Å². The van der Waals surface area contributed by atoms with E-state index in [0.29, 0.717) is 13.2 Å². The average Bonchev–Trinajstić information content (AvgIpc) is 2.74. The molecule has 6 nitrogen and oxygen atoms in total. The maximum absolute atomic E-state index is 10.7. The molecule has 0 radical (unpaired) electrons. The van der Waals surface area contributed by atoms with Gasteiger partial charge in [0.2, 0.25) is 0 Å². The topological polar surface area (TPSA) is 66.4 Å². The van der Waals surface area contributed by atoms with Crippen molar-refractivity contribution in [1.82, 2.24) is 0 Å². The molecule has 144 valence electrons. The van der Waals surface area contributed by atoms with Crippen molar-refractivity contribution in [3.05, 3.63) is 71.8 Å². The molecule has 4 rings (SSSR count). The highest BCUT2D eigenvalue weighted by molar-refractivity contribution is 5.17. The molecule has 0 aromatic heterocycles. The Morgan fingerprint density at radius 2 is 1.70 bits per heavy atom. The van der Waals surface area contributed by atoms with Crippen molar-refractivity contribution in [3.8, 4) is 0 Å². The smallest absolute Gasteiger partial charge is 0.186 e. The van der Waals surface area contributed by atoms with Crippen molar-refractivity contribution in [2.45, 2.75) is 43.6 Å². The van der Waals surface area contributed by atoms with E-state index in [0.717, 1.165) is 11.1 Å². The molecule has 2 heterocycles. The van der Waals surface area contributed by atoms with Crippen LogP contribution in [0.2, 0.25) is 0 Å². The van der Waals surface area contributed by atoms with Gasteiger partial charge in [-0.25, -0.2) is 0 Å². The maximum atomic E-state index is 10.7. The predicted molar refractivity (Wildman–Crippen MR) is 96.7 cm³/mol. The molecule has 2 aliphatic heterocycles. The molecule has 0 saturated carbocycles. The van der Waals surface area contributed by atoms with Crippen LogP contribution in [-0.4, -0.2) is 49.5 Å². The number of ether oxygens (including phenoxy) is 5. The lowest BCUT2D eigenvalue weighted by molar-refractivity contribution is -0.363. The molecule has 2 aromatic carbocycles. The number of aliphatic hydroxyl groups excluding tert-OH is 1. The van der Waals surface area contributed by atoms with Gasteiger partial charge in [0.15, 0.2) is 12.6 Å². The lowest BCUT2D eigenvalue weighted by atomic mass is 9.97. The van der Waals surface area contributed by atoms with Gasteiger partial charge in [-0.05, 0) is 5.56 Å². The zero-order valence-electron chi connectivity index (χ0n) is 15.1. The molecule has 6 heteroatoms. The van der Waals surface area contributed by atoms with Crippen molar-refractivity contribution in [1.29, 1.82) is 0 Å². The minimum absolute atomic E-state index is 0.335. The molecular weight excluding hydrogens is 348 g/mol. The van der Waals surface area contributed by atoms with E-state index in [4.69, 9.17) is 23.7 Å². The molecule has 2 aromatic rings. The summed E-state index contributed by atoms with van der Waals surface area (Å²) in [7, 11) is 1.50. The normalized spacial score (nSPS) is 33.4. The van der Waals surface area contributed by atoms with Crippen LogP contribution in [0.1, 0.15) is 17.4 Å². The standard InChI is InChI=1S/C21H24O6/c1-23-21-17(22)19(24-12-14-8-4-2-5-9-14)18-16(26-21)13-25-20(27-18)15-10-6-3-7-11-15/h2-11,16-22H,12-13H2,1H3/t16?,17-,18-,19?,20?,21-/m1/s1. The second-order valence-corrected chi connectivity index (χ2v) is 6.71. The van der Waals surface area contributed by atoms with Gasteiger partial charge in [-0.2, -0.15) is 0 Å². The zero-order valence-corrected chi connectivity index (χ0v) is 15.1. The Labute approximate surface area is 158 Å². The van der Waals surface area contributed by atoms with Crippen molar-refractivity contribution in [2.24, 2.45) is 0 Å². The van der Waals surface area contributed by atoms with Crippen molar-refractivity contribution < 1.29 is 28.8 Å². The Hall–Kier alpha value is -1.80. The third-order valence-electron chi connectivity index (χ3n) is 4.90. The van der Waals surface area contributed by atoms with Gasteiger partial charge >= 0.3 is 0 Å². The first-order valence-electron chi connectivity index (χ1n) is 9.10.